The van der Waals surface area contributed by atoms with Crippen molar-refractivity contribution in [3.8, 4) is 5.75 Å². The third-order valence-corrected chi connectivity index (χ3v) is 4.36. The minimum Gasteiger partial charge on any atom is -0.486 e. The lowest BCUT2D eigenvalue weighted by Gasteiger charge is -2.27. The summed E-state index contributed by atoms with van der Waals surface area (Å²) in [6.07, 6.45) is 1.44. The second-order valence-electron chi connectivity index (χ2n) is 5.52. The van der Waals surface area contributed by atoms with Gasteiger partial charge < -0.3 is 24.5 Å². The van der Waals surface area contributed by atoms with Crippen LogP contribution in [0.25, 0.3) is 0 Å². The van der Waals surface area contributed by atoms with Crippen LogP contribution >= 0.6 is 15.9 Å². The molecule has 1 aliphatic heterocycles. The zero-order valence-electron chi connectivity index (χ0n) is 14.3. The largest absolute Gasteiger partial charge is 0.486 e. The molecule has 3 rings (SSSR count). The monoisotopic (exact) mass is 438 g/mol. The molecule has 1 aromatic carbocycles. The Morgan fingerprint density at radius 2 is 2.19 bits per heavy atom. The molecule has 0 fully saturated rings. The number of rotatable bonds is 6. The van der Waals surface area contributed by atoms with Gasteiger partial charge in [-0.3, -0.25) is 0 Å². The number of ether oxygens (including phenoxy) is 2. The summed E-state index contributed by atoms with van der Waals surface area (Å²) < 4.78 is 29.8. The van der Waals surface area contributed by atoms with Crippen LogP contribution in [0.3, 0.4) is 0 Å². The summed E-state index contributed by atoms with van der Waals surface area (Å²) in [5.41, 5.74) is 0.402. The van der Waals surface area contributed by atoms with Crippen LogP contribution in [0, 0.1) is 5.82 Å². The lowest BCUT2D eigenvalue weighted by atomic mass is 10.0. The maximum Gasteiger partial charge on any atom is 0.338 e. The van der Waals surface area contributed by atoms with Gasteiger partial charge in [-0.25, -0.2) is 14.0 Å². The molecule has 7 nitrogen and oxygen atoms in total. The lowest BCUT2D eigenvalue weighted by Crippen LogP contribution is -2.47. The zero-order chi connectivity index (χ0) is 19.4. The van der Waals surface area contributed by atoms with Gasteiger partial charge in [0.05, 0.1) is 28.6 Å². The van der Waals surface area contributed by atoms with Gasteiger partial charge in [-0.1, -0.05) is 0 Å². The van der Waals surface area contributed by atoms with Gasteiger partial charge in [-0.05, 0) is 53.2 Å². The van der Waals surface area contributed by atoms with Crippen molar-refractivity contribution in [1.82, 2.24) is 10.6 Å². The molecule has 2 heterocycles. The summed E-state index contributed by atoms with van der Waals surface area (Å²) >= 11 is 3.21. The number of urea groups is 1. The van der Waals surface area contributed by atoms with Crippen molar-refractivity contribution in [3.63, 3.8) is 0 Å². The average Bonchev–Trinajstić information content (AvgIpc) is 3.15. The number of carbonyl (C=O) groups excluding carboxylic acids is 2. The molecule has 1 aliphatic rings. The molecule has 142 valence electrons. The first-order valence-corrected chi connectivity index (χ1v) is 8.87. The fourth-order valence-corrected chi connectivity index (χ4v) is 3.06. The Kier molecular flexibility index (Phi) is 5.80. The SMILES string of the molecule is CCOC(=O)C1=C(COc2ccc(F)cc2Br)NC(=O)NC1c1ccco1. The number of hydrogen-bond donors (Lipinski definition) is 2. The Labute approximate surface area is 162 Å². The topological polar surface area (TPSA) is 89.8 Å². The van der Waals surface area contributed by atoms with E-state index in [4.69, 9.17) is 13.9 Å². The molecule has 0 spiro atoms. The number of furan rings is 1. The van der Waals surface area contributed by atoms with Crippen LogP contribution in [0.1, 0.15) is 18.7 Å². The van der Waals surface area contributed by atoms with Gasteiger partial charge in [-0.15, -0.1) is 0 Å². The van der Waals surface area contributed by atoms with E-state index in [-0.39, 0.29) is 24.5 Å². The molecule has 1 atom stereocenters. The Morgan fingerprint density at radius 3 is 2.85 bits per heavy atom. The highest BCUT2D eigenvalue weighted by Crippen LogP contribution is 2.30. The number of nitrogens with one attached hydrogen (secondary N) is 2. The van der Waals surface area contributed by atoms with Crippen LogP contribution in [0.4, 0.5) is 9.18 Å². The Balaban J connectivity index is 1.94. The Bertz CT molecular complexity index is 882. The maximum atomic E-state index is 13.2. The van der Waals surface area contributed by atoms with Gasteiger partial charge in [0.25, 0.3) is 0 Å². The molecule has 0 aliphatic carbocycles. The summed E-state index contributed by atoms with van der Waals surface area (Å²) in [6.45, 7) is 1.71. The normalized spacial score (nSPS) is 16.6. The van der Waals surface area contributed by atoms with Crippen molar-refractivity contribution in [3.05, 3.63) is 63.9 Å². The smallest absolute Gasteiger partial charge is 0.338 e. The van der Waals surface area contributed by atoms with E-state index in [0.29, 0.717) is 16.0 Å². The van der Waals surface area contributed by atoms with E-state index in [1.54, 1.807) is 19.1 Å². The summed E-state index contributed by atoms with van der Waals surface area (Å²) in [5, 5.41) is 5.21. The van der Waals surface area contributed by atoms with Crippen molar-refractivity contribution in [2.24, 2.45) is 0 Å². The molecular formula is C18H16BrFN2O5. The van der Waals surface area contributed by atoms with Crippen molar-refractivity contribution in [1.29, 1.82) is 0 Å². The highest BCUT2D eigenvalue weighted by Gasteiger charge is 2.35. The van der Waals surface area contributed by atoms with E-state index in [9.17, 15) is 14.0 Å². The van der Waals surface area contributed by atoms with Crippen molar-refractivity contribution in [2.45, 2.75) is 13.0 Å². The van der Waals surface area contributed by atoms with Crippen LogP contribution in [-0.2, 0) is 9.53 Å². The molecule has 27 heavy (non-hydrogen) atoms. The van der Waals surface area contributed by atoms with E-state index >= 15 is 0 Å². The van der Waals surface area contributed by atoms with Crippen LogP contribution in [-0.4, -0.2) is 25.2 Å². The predicted molar refractivity (Wildman–Crippen MR) is 96.4 cm³/mol. The predicted octanol–water partition coefficient (Wildman–Crippen LogP) is 3.43. The second-order valence-corrected chi connectivity index (χ2v) is 6.38. The van der Waals surface area contributed by atoms with Crippen LogP contribution < -0.4 is 15.4 Å². The van der Waals surface area contributed by atoms with E-state index in [1.807, 2.05) is 0 Å². The molecule has 0 bridgehead atoms. The van der Waals surface area contributed by atoms with Gasteiger partial charge in [-0.2, -0.15) is 0 Å². The van der Waals surface area contributed by atoms with Gasteiger partial charge >= 0.3 is 12.0 Å². The second kappa shape index (κ2) is 8.26. The minimum absolute atomic E-state index is 0.136. The lowest BCUT2D eigenvalue weighted by molar-refractivity contribution is -0.139. The van der Waals surface area contributed by atoms with Crippen molar-refractivity contribution in [2.75, 3.05) is 13.2 Å². The molecule has 2 N–H and O–H groups in total. The first-order chi connectivity index (χ1) is 13.0. The molecule has 0 saturated carbocycles. The molecule has 0 saturated heterocycles. The molecule has 1 aromatic heterocycles. The number of esters is 1. The van der Waals surface area contributed by atoms with E-state index in [1.165, 1.54) is 24.5 Å². The van der Waals surface area contributed by atoms with E-state index in [2.05, 4.69) is 26.6 Å². The summed E-state index contributed by atoms with van der Waals surface area (Å²) in [7, 11) is 0. The van der Waals surface area contributed by atoms with Crippen LogP contribution in [0.5, 0.6) is 5.75 Å². The molecule has 2 aromatic rings. The first kappa shape index (κ1) is 19.0. The number of halogens is 2. The van der Waals surface area contributed by atoms with Gasteiger partial charge in [0, 0.05) is 0 Å². The molecule has 1 unspecified atom stereocenters. The molecule has 0 radical (unpaired) electrons. The van der Waals surface area contributed by atoms with Crippen LogP contribution in [0.2, 0.25) is 0 Å². The highest BCUT2D eigenvalue weighted by atomic mass is 79.9. The summed E-state index contributed by atoms with van der Waals surface area (Å²) in [5.74, 6) is -0.292. The van der Waals surface area contributed by atoms with Crippen LogP contribution in [0.15, 0.2) is 56.8 Å². The third-order valence-electron chi connectivity index (χ3n) is 3.74. The summed E-state index contributed by atoms with van der Waals surface area (Å²) in [4.78, 5) is 24.6. The zero-order valence-corrected chi connectivity index (χ0v) is 15.8. The van der Waals surface area contributed by atoms with Gasteiger partial charge in [0.2, 0.25) is 0 Å². The Morgan fingerprint density at radius 1 is 1.37 bits per heavy atom. The average molecular weight is 439 g/mol. The molecular weight excluding hydrogens is 423 g/mol. The Hall–Kier alpha value is -2.81. The first-order valence-electron chi connectivity index (χ1n) is 8.08. The number of hydrogen-bond acceptors (Lipinski definition) is 5. The maximum absolute atomic E-state index is 13.2. The highest BCUT2D eigenvalue weighted by molar-refractivity contribution is 9.10. The van der Waals surface area contributed by atoms with Crippen molar-refractivity contribution >= 4 is 27.9 Å². The standard InChI is InChI=1S/C18H16BrFN2O5/c1-2-25-17(23)15-12(9-27-13-6-5-10(20)8-11(13)19)21-18(24)22-16(15)14-4-3-7-26-14/h3-8,16H,2,9H2,1H3,(H2,21,22,24). The quantitative estimate of drug-likeness (QED) is 0.674. The number of benzene rings is 1. The minimum atomic E-state index is -0.817. The number of carbonyl (C=O) groups is 2. The fraction of sp³-hybridized carbons (Fsp3) is 0.222. The van der Waals surface area contributed by atoms with Gasteiger partial charge in [0.1, 0.15) is 30.0 Å². The number of amides is 2. The van der Waals surface area contributed by atoms with Crippen molar-refractivity contribution < 1.29 is 27.9 Å². The fourth-order valence-electron chi connectivity index (χ4n) is 2.59. The molecule has 2 amide bonds. The summed E-state index contributed by atoms with van der Waals surface area (Å²) in [6, 6.07) is 5.90. The van der Waals surface area contributed by atoms with E-state index < -0.39 is 23.9 Å². The molecule has 9 heteroatoms. The van der Waals surface area contributed by atoms with E-state index in [0.717, 1.165) is 0 Å². The third kappa shape index (κ3) is 4.30. The van der Waals surface area contributed by atoms with Gasteiger partial charge in [0.15, 0.2) is 0 Å².